The molecule has 0 spiro atoms. The summed E-state index contributed by atoms with van der Waals surface area (Å²) in [7, 11) is 0. The van der Waals surface area contributed by atoms with Crippen LogP contribution >= 0.6 is 27.3 Å². The Morgan fingerprint density at radius 3 is 2.54 bits per heavy atom. The van der Waals surface area contributed by atoms with E-state index < -0.39 is 0 Å². The van der Waals surface area contributed by atoms with E-state index in [1.165, 1.54) is 0 Å². The zero-order valence-electron chi connectivity index (χ0n) is 15.2. The molecule has 0 bridgehead atoms. The number of thiophene rings is 1. The van der Waals surface area contributed by atoms with Crippen LogP contribution in [0.1, 0.15) is 24.3 Å². The Labute approximate surface area is 167 Å². The minimum absolute atomic E-state index is 0.0469. The van der Waals surface area contributed by atoms with Crippen molar-refractivity contribution >= 4 is 33.2 Å². The predicted octanol–water partition coefficient (Wildman–Crippen LogP) is 5.07. The number of amides is 1. The molecule has 1 aromatic carbocycles. The average Bonchev–Trinajstić information content (AvgIpc) is 3.12. The van der Waals surface area contributed by atoms with Crippen molar-refractivity contribution in [1.82, 2.24) is 4.90 Å². The first-order chi connectivity index (χ1) is 12.6. The van der Waals surface area contributed by atoms with E-state index in [2.05, 4.69) is 22.5 Å². The fraction of sp³-hybridized carbons (Fsp3) is 0.350. The Hall–Kier alpha value is -1.79. The zero-order chi connectivity index (χ0) is 18.9. The molecule has 0 saturated carbocycles. The molecule has 0 radical (unpaired) electrons. The highest BCUT2D eigenvalue weighted by atomic mass is 79.9. The molecule has 0 unspecified atom stereocenters. The van der Waals surface area contributed by atoms with Gasteiger partial charge in [-0.2, -0.15) is 0 Å². The van der Waals surface area contributed by atoms with Crippen LogP contribution in [0.2, 0.25) is 0 Å². The lowest BCUT2D eigenvalue weighted by atomic mass is 10.1. The average molecular weight is 438 g/mol. The Bertz CT molecular complexity index is 731. The molecule has 0 fully saturated rings. The van der Waals surface area contributed by atoms with Gasteiger partial charge in [0.05, 0.1) is 26.2 Å². The van der Waals surface area contributed by atoms with Gasteiger partial charge in [0.25, 0.3) is 0 Å². The van der Waals surface area contributed by atoms with Crippen LogP contribution in [0.25, 0.3) is 0 Å². The molecule has 0 aliphatic carbocycles. The molecule has 0 aliphatic rings. The Morgan fingerprint density at radius 2 is 1.96 bits per heavy atom. The normalized spacial score (nSPS) is 10.4. The lowest BCUT2D eigenvalue weighted by molar-refractivity contribution is -0.130. The summed E-state index contributed by atoms with van der Waals surface area (Å²) in [5.74, 6) is 1.39. The van der Waals surface area contributed by atoms with Gasteiger partial charge in [-0.3, -0.25) is 4.79 Å². The number of hydrogen-bond donors (Lipinski definition) is 0. The van der Waals surface area contributed by atoms with E-state index in [1.807, 2.05) is 48.4 Å². The number of benzene rings is 1. The number of hydrogen-bond acceptors (Lipinski definition) is 4. The van der Waals surface area contributed by atoms with Crippen LogP contribution in [-0.4, -0.2) is 30.6 Å². The van der Waals surface area contributed by atoms with Crippen molar-refractivity contribution in [3.05, 3.63) is 57.2 Å². The van der Waals surface area contributed by atoms with Gasteiger partial charge < -0.3 is 14.4 Å². The SMILES string of the molecule is C=CCN(Cc1cccs1)C(=O)Cc1cc(OCC)c(OCC)cc1Br. The van der Waals surface area contributed by atoms with Gasteiger partial charge in [-0.25, -0.2) is 0 Å². The molecular formula is C20H24BrNO3S. The minimum atomic E-state index is 0.0469. The van der Waals surface area contributed by atoms with E-state index in [1.54, 1.807) is 17.4 Å². The molecule has 2 rings (SSSR count). The Balaban J connectivity index is 2.19. The quantitative estimate of drug-likeness (QED) is 0.487. The molecule has 140 valence electrons. The summed E-state index contributed by atoms with van der Waals surface area (Å²) in [6, 6.07) is 7.78. The smallest absolute Gasteiger partial charge is 0.227 e. The first kappa shape index (κ1) is 20.5. The van der Waals surface area contributed by atoms with Crippen LogP contribution in [0.5, 0.6) is 11.5 Å². The van der Waals surface area contributed by atoms with Gasteiger partial charge >= 0.3 is 0 Å². The van der Waals surface area contributed by atoms with E-state index >= 15 is 0 Å². The van der Waals surface area contributed by atoms with Crippen molar-refractivity contribution in [1.29, 1.82) is 0 Å². The van der Waals surface area contributed by atoms with E-state index in [4.69, 9.17) is 9.47 Å². The van der Waals surface area contributed by atoms with Crippen LogP contribution < -0.4 is 9.47 Å². The van der Waals surface area contributed by atoms with Gasteiger partial charge in [0.15, 0.2) is 11.5 Å². The topological polar surface area (TPSA) is 38.8 Å². The number of carbonyl (C=O) groups is 1. The number of carbonyl (C=O) groups excluding carboxylic acids is 1. The molecular weight excluding hydrogens is 414 g/mol. The second-order valence-corrected chi connectivity index (χ2v) is 7.46. The van der Waals surface area contributed by atoms with Crippen molar-refractivity contribution in [2.24, 2.45) is 0 Å². The molecule has 0 aliphatic heterocycles. The largest absolute Gasteiger partial charge is 0.490 e. The molecule has 1 aromatic heterocycles. The summed E-state index contributed by atoms with van der Waals surface area (Å²) in [6.07, 6.45) is 2.04. The van der Waals surface area contributed by atoms with Crippen LogP contribution in [0.15, 0.2) is 46.8 Å². The Kier molecular flexibility index (Phi) is 8.19. The van der Waals surface area contributed by atoms with Crippen LogP contribution in [0, 0.1) is 0 Å². The van der Waals surface area contributed by atoms with E-state index in [9.17, 15) is 4.79 Å². The summed E-state index contributed by atoms with van der Waals surface area (Å²) < 4.78 is 12.1. The van der Waals surface area contributed by atoms with Gasteiger partial charge in [-0.15, -0.1) is 17.9 Å². The van der Waals surface area contributed by atoms with Gasteiger partial charge in [-0.05, 0) is 43.0 Å². The third-order valence-electron chi connectivity index (χ3n) is 3.68. The summed E-state index contributed by atoms with van der Waals surface area (Å²) in [5.41, 5.74) is 0.877. The fourth-order valence-corrected chi connectivity index (χ4v) is 3.71. The van der Waals surface area contributed by atoms with Crippen LogP contribution in [0.4, 0.5) is 0 Å². The lowest BCUT2D eigenvalue weighted by Gasteiger charge is -2.21. The van der Waals surface area contributed by atoms with Crippen LogP contribution in [-0.2, 0) is 17.8 Å². The van der Waals surface area contributed by atoms with Crippen molar-refractivity contribution in [2.45, 2.75) is 26.8 Å². The first-order valence-corrected chi connectivity index (χ1v) is 10.2. The van der Waals surface area contributed by atoms with Gasteiger partial charge in [0.1, 0.15) is 0 Å². The predicted molar refractivity (Wildman–Crippen MR) is 110 cm³/mol. The van der Waals surface area contributed by atoms with Gasteiger partial charge in [-0.1, -0.05) is 28.1 Å². The minimum Gasteiger partial charge on any atom is -0.490 e. The van der Waals surface area contributed by atoms with Crippen molar-refractivity contribution in [2.75, 3.05) is 19.8 Å². The number of nitrogens with zero attached hydrogens (tertiary/aromatic N) is 1. The highest BCUT2D eigenvalue weighted by Gasteiger charge is 2.18. The highest BCUT2D eigenvalue weighted by Crippen LogP contribution is 2.34. The second-order valence-electron chi connectivity index (χ2n) is 5.58. The molecule has 6 heteroatoms. The monoisotopic (exact) mass is 437 g/mol. The molecule has 0 atom stereocenters. The summed E-state index contributed by atoms with van der Waals surface area (Å²) in [6.45, 7) is 9.83. The maximum atomic E-state index is 12.9. The molecule has 0 N–H and O–H groups in total. The third kappa shape index (κ3) is 5.61. The fourth-order valence-electron chi connectivity index (χ4n) is 2.53. The maximum Gasteiger partial charge on any atom is 0.227 e. The molecule has 2 aromatic rings. The van der Waals surface area contributed by atoms with Crippen molar-refractivity contribution in [3.8, 4) is 11.5 Å². The van der Waals surface area contributed by atoms with Gasteiger partial charge in [0, 0.05) is 15.9 Å². The van der Waals surface area contributed by atoms with E-state index in [-0.39, 0.29) is 12.3 Å². The molecule has 1 heterocycles. The summed E-state index contributed by atoms with van der Waals surface area (Å²) >= 11 is 5.20. The van der Waals surface area contributed by atoms with Crippen molar-refractivity contribution in [3.63, 3.8) is 0 Å². The maximum absolute atomic E-state index is 12.9. The number of ether oxygens (including phenoxy) is 2. The number of rotatable bonds is 10. The highest BCUT2D eigenvalue weighted by molar-refractivity contribution is 9.10. The van der Waals surface area contributed by atoms with Crippen molar-refractivity contribution < 1.29 is 14.3 Å². The first-order valence-electron chi connectivity index (χ1n) is 8.58. The summed E-state index contributed by atoms with van der Waals surface area (Å²) in [4.78, 5) is 15.8. The van der Waals surface area contributed by atoms with Crippen LogP contribution in [0.3, 0.4) is 0 Å². The molecule has 26 heavy (non-hydrogen) atoms. The lowest BCUT2D eigenvalue weighted by Crippen LogP contribution is -2.31. The summed E-state index contributed by atoms with van der Waals surface area (Å²) in [5, 5.41) is 2.02. The van der Waals surface area contributed by atoms with E-state index in [0.29, 0.717) is 37.8 Å². The van der Waals surface area contributed by atoms with Gasteiger partial charge in [0.2, 0.25) is 5.91 Å². The molecule has 1 amide bonds. The molecule has 4 nitrogen and oxygen atoms in total. The standard InChI is InChI=1S/C20H24BrNO3S/c1-4-9-22(14-16-8-7-10-26-16)20(23)12-15-11-18(24-5-2)19(25-6-3)13-17(15)21/h4,7-8,10-11,13H,1,5-6,9,12,14H2,2-3H3. The Morgan fingerprint density at radius 1 is 1.27 bits per heavy atom. The number of halogens is 1. The zero-order valence-corrected chi connectivity index (χ0v) is 17.6. The third-order valence-corrected chi connectivity index (χ3v) is 5.28. The molecule has 0 saturated heterocycles. The second kappa shape index (κ2) is 10.4. The van der Waals surface area contributed by atoms with E-state index in [0.717, 1.165) is 14.9 Å².